The Bertz CT molecular complexity index is 9160. The van der Waals surface area contributed by atoms with Crippen molar-refractivity contribution in [3.63, 3.8) is 0 Å². The standard InChI is InChI=1S/C66H40N2.C66H42N2/c1-2-18-44-41(17-1)33-38-50-52-39-60-51(40-63(52)68(64(44)50)43-36-34-42(35-37-43)67-61-31-15-6-22-48(61)49-23-7-16-32-62(49)67)47-21-5-10-26-55(47)66(60)58-29-13-11-27-56(58)65(57-28-12-14-30-59(57)66)53-24-8-3-19-45(53)46-20-4-9-25-54(46)65;1-3-20-44(21-4-1)67(45-22-5-2-6-23-45)46-36-38-47(39-37-46)68-63-42-53-51-27-11-14-30-57(51)66(62(53)41-54(63)52-40-35-43-19-7-8-24-48(43)64(52)68)60-33-17-15-31-58(60)65(59-32-16-18-34-61(59)66)55-28-12-9-25-49(55)50-26-10-13-29-56(50)65/h1-40H;1-42H. The van der Waals surface area contributed by atoms with Crippen LogP contribution in [0.5, 0.6) is 0 Å². The van der Waals surface area contributed by atoms with Crippen molar-refractivity contribution < 1.29 is 0 Å². The van der Waals surface area contributed by atoms with Crippen LogP contribution in [0.15, 0.2) is 497 Å². The van der Waals surface area contributed by atoms with Gasteiger partial charge in [0.05, 0.1) is 54.8 Å². The van der Waals surface area contributed by atoms with Crippen molar-refractivity contribution >= 4 is 104 Å². The van der Waals surface area contributed by atoms with Gasteiger partial charge in [0.25, 0.3) is 0 Å². The number of benzene rings is 22. The van der Waals surface area contributed by atoms with Crippen LogP contribution in [0.3, 0.4) is 0 Å². The number of hydrogen-bond acceptors (Lipinski definition) is 1. The fourth-order valence-electron chi connectivity index (χ4n) is 26.9. The molecule has 0 radical (unpaired) electrons. The van der Waals surface area contributed by atoms with E-state index < -0.39 is 21.7 Å². The lowest BCUT2D eigenvalue weighted by Gasteiger charge is -2.48. The quantitative estimate of drug-likeness (QED) is 0.162. The maximum Gasteiger partial charge on any atom is 0.0720 e. The van der Waals surface area contributed by atoms with E-state index in [0.717, 1.165) is 34.1 Å². The second-order valence-electron chi connectivity index (χ2n) is 37.7. The third kappa shape index (κ3) is 9.61. The summed E-state index contributed by atoms with van der Waals surface area (Å²) < 4.78 is 7.48. The van der Waals surface area contributed by atoms with Crippen molar-refractivity contribution in [3.8, 4) is 61.6 Å². The highest BCUT2D eigenvalue weighted by Gasteiger charge is 2.61. The van der Waals surface area contributed by atoms with Crippen LogP contribution in [0.1, 0.15) is 89.0 Å². The maximum atomic E-state index is 2.59. The molecule has 0 saturated carbocycles. The zero-order valence-electron chi connectivity index (χ0n) is 74.1. The molecule has 3 aromatic heterocycles. The molecule has 25 aromatic rings. The van der Waals surface area contributed by atoms with Crippen LogP contribution < -0.4 is 4.90 Å². The van der Waals surface area contributed by atoms with E-state index in [1.165, 1.54) is 220 Å². The lowest BCUT2D eigenvalue weighted by atomic mass is 9.52. The summed E-state index contributed by atoms with van der Waals surface area (Å²) in [7, 11) is 0. The van der Waals surface area contributed by atoms with E-state index in [1.807, 2.05) is 0 Å². The number of para-hydroxylation sites is 4. The van der Waals surface area contributed by atoms with E-state index >= 15 is 0 Å². The van der Waals surface area contributed by atoms with Crippen LogP contribution in [0, 0.1) is 0 Å². The number of fused-ring (bicyclic) bond motifs is 45. The molecule has 0 N–H and O–H groups in total. The number of nitrogens with zero attached hydrogens (tertiary/aromatic N) is 4. The number of hydrogen-bond donors (Lipinski definition) is 0. The minimum absolute atomic E-state index is 0.478. The summed E-state index contributed by atoms with van der Waals surface area (Å²) in [6, 6.07) is 187. The predicted molar refractivity (Wildman–Crippen MR) is 562 cm³/mol. The summed E-state index contributed by atoms with van der Waals surface area (Å²) in [5, 5.41) is 12.5. The van der Waals surface area contributed by atoms with E-state index in [2.05, 4.69) is 516 Å². The summed E-state index contributed by atoms with van der Waals surface area (Å²) in [6.07, 6.45) is 0. The van der Waals surface area contributed by atoms with Gasteiger partial charge in [0, 0.05) is 77.2 Å². The average molecular weight is 1720 g/mol. The molecular weight excluding hydrogens is 1640 g/mol. The number of anilines is 3. The molecule has 4 heteroatoms. The van der Waals surface area contributed by atoms with Crippen molar-refractivity contribution in [2.45, 2.75) is 21.7 Å². The van der Waals surface area contributed by atoms with Gasteiger partial charge in [-0.25, -0.2) is 0 Å². The first kappa shape index (κ1) is 75.3. The highest BCUT2D eigenvalue weighted by atomic mass is 15.1. The third-order valence-electron chi connectivity index (χ3n) is 31.8. The van der Waals surface area contributed by atoms with Gasteiger partial charge in [0.15, 0.2) is 0 Å². The van der Waals surface area contributed by atoms with Crippen LogP contribution in [-0.2, 0) is 21.7 Å². The number of rotatable bonds is 6. The van der Waals surface area contributed by atoms with Crippen molar-refractivity contribution in [2.24, 2.45) is 0 Å². The molecule has 6 aliphatic carbocycles. The molecule has 0 amide bonds. The molecular formula is C132H82N4. The van der Waals surface area contributed by atoms with E-state index in [0.29, 0.717) is 0 Å². The lowest BCUT2D eigenvalue weighted by molar-refractivity contribution is 0.633. The molecule has 630 valence electrons. The van der Waals surface area contributed by atoms with Gasteiger partial charge in [-0.3, -0.25) is 0 Å². The van der Waals surface area contributed by atoms with Gasteiger partial charge in [-0.1, -0.05) is 388 Å². The van der Waals surface area contributed by atoms with Gasteiger partial charge in [-0.2, -0.15) is 0 Å². The smallest absolute Gasteiger partial charge is 0.0720 e. The maximum absolute atomic E-state index is 2.59. The largest absolute Gasteiger partial charge is 0.311 e. The second kappa shape index (κ2) is 28.1. The molecule has 0 saturated heterocycles. The normalized spacial score (nSPS) is 14.3. The highest BCUT2D eigenvalue weighted by Crippen LogP contribution is 2.71. The van der Waals surface area contributed by atoms with Gasteiger partial charge in [-0.05, 0) is 253 Å². The van der Waals surface area contributed by atoms with Crippen LogP contribution >= 0.6 is 0 Å². The Morgan fingerprint density at radius 3 is 0.713 bits per heavy atom. The highest BCUT2D eigenvalue weighted by molar-refractivity contribution is 6.22. The van der Waals surface area contributed by atoms with Gasteiger partial charge in [-0.15, -0.1) is 0 Å². The molecule has 31 rings (SSSR count). The van der Waals surface area contributed by atoms with E-state index in [-0.39, 0.29) is 0 Å². The van der Waals surface area contributed by atoms with E-state index in [1.54, 1.807) is 0 Å². The van der Waals surface area contributed by atoms with Crippen molar-refractivity contribution in [1.29, 1.82) is 0 Å². The van der Waals surface area contributed by atoms with Gasteiger partial charge in [0.1, 0.15) is 0 Å². The van der Waals surface area contributed by atoms with Crippen LogP contribution in [0.2, 0.25) is 0 Å². The average Bonchev–Trinajstić information content (AvgIpc) is 1.47. The fourth-order valence-corrected chi connectivity index (χ4v) is 26.9. The molecule has 136 heavy (non-hydrogen) atoms. The van der Waals surface area contributed by atoms with Crippen LogP contribution in [0.25, 0.3) is 149 Å². The summed E-state index contributed by atoms with van der Waals surface area (Å²) in [5.74, 6) is 0. The molecule has 3 heterocycles. The Morgan fingerprint density at radius 2 is 0.382 bits per heavy atom. The first-order chi connectivity index (χ1) is 67.5. The Kier molecular flexibility index (Phi) is 15.5. The molecule has 0 unspecified atom stereocenters. The van der Waals surface area contributed by atoms with Crippen molar-refractivity contribution in [3.05, 3.63) is 586 Å². The topological polar surface area (TPSA) is 18.0 Å². The fraction of sp³-hybridized carbons (Fsp3) is 0.0303. The Morgan fingerprint density at radius 1 is 0.140 bits per heavy atom. The summed E-state index contributed by atoms with van der Waals surface area (Å²) in [5.41, 5.74) is 44.0. The SMILES string of the molecule is c1ccc(N(c2ccccc2)c2ccc(-n3c4cc5c(cc4c4ccc6ccccc6c43)C3(c4ccccc4-5)c4ccccc4C4(c5ccccc5-c5ccccc54)c4ccccc43)cc2)cc1.c1ccc2c(c1)-c1ccccc1C21c2ccccc2C2(c3ccccc3-c3cc4c(cc32)c2ccc3ccccc3c2n4-c2ccc(-n3c4ccccc4c4ccccc43)cc2)c2ccccc21. The Labute approximate surface area is 786 Å². The second-order valence-corrected chi connectivity index (χ2v) is 37.7. The molecule has 0 fully saturated rings. The predicted octanol–water partition coefficient (Wildman–Crippen LogP) is 32.5. The van der Waals surface area contributed by atoms with Crippen LogP contribution in [0.4, 0.5) is 17.1 Å². The molecule has 0 aliphatic heterocycles. The van der Waals surface area contributed by atoms with E-state index in [9.17, 15) is 0 Å². The minimum Gasteiger partial charge on any atom is -0.311 e. The zero-order valence-corrected chi connectivity index (χ0v) is 74.1. The van der Waals surface area contributed by atoms with Gasteiger partial charge < -0.3 is 18.6 Å². The molecule has 0 atom stereocenters. The Balaban J connectivity index is 0.000000129. The third-order valence-corrected chi connectivity index (χ3v) is 31.8. The first-order valence-electron chi connectivity index (χ1n) is 47.6. The van der Waals surface area contributed by atoms with Crippen molar-refractivity contribution in [2.75, 3.05) is 4.90 Å². The Hall–Kier alpha value is -17.4. The van der Waals surface area contributed by atoms with Gasteiger partial charge >= 0.3 is 0 Å². The van der Waals surface area contributed by atoms with Gasteiger partial charge in [0.2, 0.25) is 0 Å². The van der Waals surface area contributed by atoms with E-state index in [4.69, 9.17) is 0 Å². The molecule has 22 aromatic carbocycles. The summed E-state index contributed by atoms with van der Waals surface area (Å²) >= 11 is 0. The molecule has 4 spiro atoms. The molecule has 0 bridgehead atoms. The first-order valence-corrected chi connectivity index (χ1v) is 47.6. The summed E-state index contributed by atoms with van der Waals surface area (Å²) in [4.78, 5) is 2.33. The lowest BCUT2D eigenvalue weighted by Crippen LogP contribution is -2.43. The number of aromatic nitrogens is 3. The monoisotopic (exact) mass is 1720 g/mol. The van der Waals surface area contributed by atoms with Crippen LogP contribution in [-0.4, -0.2) is 13.7 Å². The zero-order chi connectivity index (χ0) is 88.9. The van der Waals surface area contributed by atoms with Crippen molar-refractivity contribution in [1.82, 2.24) is 13.7 Å². The minimum atomic E-state index is -0.573. The molecule has 6 aliphatic rings. The molecule has 4 nitrogen and oxygen atoms in total. The summed E-state index contributed by atoms with van der Waals surface area (Å²) in [6.45, 7) is 0.